The highest BCUT2D eigenvalue weighted by atomic mass is 32.2. The van der Waals surface area contributed by atoms with Gasteiger partial charge in [-0.1, -0.05) is 48.9 Å². The van der Waals surface area contributed by atoms with Gasteiger partial charge in [-0.3, -0.25) is 4.31 Å². The van der Waals surface area contributed by atoms with Gasteiger partial charge < -0.3 is 4.98 Å². The lowest BCUT2D eigenvalue weighted by atomic mass is 10.2. The normalized spacial score (nSPS) is 11.2. The first-order valence-corrected chi connectivity index (χ1v) is 11.7. The molecule has 0 spiro atoms. The molecule has 0 unspecified atom stereocenters. The van der Waals surface area contributed by atoms with Crippen LogP contribution in [0.2, 0.25) is 0 Å². The van der Waals surface area contributed by atoms with E-state index in [9.17, 15) is 12.8 Å². The van der Waals surface area contributed by atoms with Crippen LogP contribution in [0, 0.1) is 18.8 Å². The van der Waals surface area contributed by atoms with Gasteiger partial charge in [0, 0.05) is 23.2 Å². The van der Waals surface area contributed by atoms with Crippen LogP contribution in [0.15, 0.2) is 108 Å². The van der Waals surface area contributed by atoms with Crippen molar-refractivity contribution in [3.8, 4) is 11.8 Å². The lowest BCUT2D eigenvalue weighted by molar-refractivity contribution is 0.398. The standard InChI is InChI=1S/C18H20FNO2S.C8H10N2/c1-4-9-17(5-2)13-12-16(3)20(15-14-19)23(21,22)18-10-7-6-8-11-18;1-8-5-3-2-4-6-9-7-10-8/h5-8,10-13H,2,14-15H2,1,3H3;2-7H,1H3,(H,9,10)/b16-12+,17-13+;. The summed E-state index contributed by atoms with van der Waals surface area (Å²) in [5, 5.41) is 0. The minimum atomic E-state index is -3.80. The van der Waals surface area contributed by atoms with E-state index in [0.29, 0.717) is 11.3 Å². The first-order valence-electron chi connectivity index (χ1n) is 10.2. The summed E-state index contributed by atoms with van der Waals surface area (Å²) >= 11 is 0. The fourth-order valence-electron chi connectivity index (χ4n) is 2.47. The minimum absolute atomic E-state index is 0.127. The van der Waals surface area contributed by atoms with Crippen LogP contribution in [-0.4, -0.2) is 35.9 Å². The van der Waals surface area contributed by atoms with Crippen molar-refractivity contribution < 1.29 is 12.8 Å². The number of aromatic amines is 1. The highest BCUT2D eigenvalue weighted by Gasteiger charge is 2.23. The molecule has 0 amide bonds. The predicted molar refractivity (Wildman–Crippen MR) is 133 cm³/mol. The molecule has 0 radical (unpaired) electrons. The van der Waals surface area contributed by atoms with Gasteiger partial charge in [0.1, 0.15) is 6.67 Å². The van der Waals surface area contributed by atoms with Gasteiger partial charge in [-0.25, -0.2) is 17.8 Å². The number of aryl methyl sites for hydroxylation is 1. The molecular formula is C26H30FN3O2S. The summed E-state index contributed by atoms with van der Waals surface area (Å²) in [6.45, 7) is 7.93. The summed E-state index contributed by atoms with van der Waals surface area (Å²) in [5.74, 6) is 5.58. The molecule has 0 aliphatic carbocycles. The number of aromatic nitrogens is 2. The maximum Gasteiger partial charge on any atom is 0.264 e. The second kappa shape index (κ2) is 15.2. The second-order valence-corrected chi connectivity index (χ2v) is 8.45. The third-order valence-electron chi connectivity index (χ3n) is 4.11. The van der Waals surface area contributed by atoms with Gasteiger partial charge >= 0.3 is 0 Å². The van der Waals surface area contributed by atoms with E-state index in [1.165, 1.54) is 12.1 Å². The van der Waals surface area contributed by atoms with Crippen molar-refractivity contribution in [2.45, 2.75) is 25.7 Å². The zero-order chi connectivity index (χ0) is 24.5. The first-order chi connectivity index (χ1) is 15.9. The molecule has 0 bridgehead atoms. The molecule has 0 saturated carbocycles. The van der Waals surface area contributed by atoms with Gasteiger partial charge in [0.2, 0.25) is 0 Å². The van der Waals surface area contributed by atoms with Crippen molar-refractivity contribution in [3.05, 3.63) is 109 Å². The molecule has 2 rings (SSSR count). The fraction of sp³-hybridized carbons (Fsp3) is 0.192. The van der Waals surface area contributed by atoms with E-state index in [1.54, 1.807) is 62.8 Å². The molecule has 0 aliphatic heterocycles. The molecule has 33 heavy (non-hydrogen) atoms. The topological polar surface area (TPSA) is 66.1 Å². The van der Waals surface area contributed by atoms with Gasteiger partial charge in [-0.2, -0.15) is 0 Å². The maximum atomic E-state index is 12.8. The minimum Gasteiger partial charge on any atom is -0.350 e. The molecule has 1 aromatic heterocycles. The molecule has 1 N–H and O–H groups in total. The molecule has 1 heterocycles. The van der Waals surface area contributed by atoms with E-state index in [-0.39, 0.29) is 11.4 Å². The Morgan fingerprint density at radius 3 is 2.45 bits per heavy atom. The van der Waals surface area contributed by atoms with E-state index < -0.39 is 16.7 Å². The largest absolute Gasteiger partial charge is 0.350 e. The highest BCUT2D eigenvalue weighted by molar-refractivity contribution is 7.89. The predicted octanol–water partition coefficient (Wildman–Crippen LogP) is 5.53. The summed E-state index contributed by atoms with van der Waals surface area (Å²) in [6.07, 6.45) is 8.22. The smallest absolute Gasteiger partial charge is 0.264 e. The van der Waals surface area contributed by atoms with Crippen LogP contribution in [0.5, 0.6) is 0 Å². The SMILES string of the molecule is C=C/C(C#CC)=C\C=C(/C)N(CCF)S(=O)(=O)c1ccccc1.Cc1cccccnc[nH]1. The summed E-state index contributed by atoms with van der Waals surface area (Å²) < 4.78 is 39.2. The lowest BCUT2D eigenvalue weighted by Gasteiger charge is -2.23. The fourth-order valence-corrected chi connectivity index (χ4v) is 3.98. The highest BCUT2D eigenvalue weighted by Crippen LogP contribution is 2.20. The number of benzene rings is 1. The Bertz CT molecular complexity index is 1130. The van der Waals surface area contributed by atoms with Crippen LogP contribution >= 0.6 is 0 Å². The number of sulfonamides is 1. The Kier molecular flexibility index (Phi) is 12.6. The Labute approximate surface area is 196 Å². The molecule has 0 aliphatic rings. The van der Waals surface area contributed by atoms with Gasteiger partial charge in [0.15, 0.2) is 0 Å². The molecule has 1 aromatic carbocycles. The quantitative estimate of drug-likeness (QED) is 0.430. The summed E-state index contributed by atoms with van der Waals surface area (Å²) in [5.41, 5.74) is 2.15. The van der Waals surface area contributed by atoms with Crippen LogP contribution in [-0.2, 0) is 10.0 Å². The van der Waals surface area contributed by atoms with Crippen LogP contribution < -0.4 is 0 Å². The van der Waals surface area contributed by atoms with Gasteiger partial charge in [-0.15, -0.1) is 5.92 Å². The average Bonchev–Trinajstić information content (AvgIpc) is 2.94. The Hall–Kier alpha value is -3.63. The number of alkyl halides is 1. The Morgan fingerprint density at radius 2 is 1.82 bits per heavy atom. The summed E-state index contributed by atoms with van der Waals surface area (Å²) in [6, 6.07) is 15.7. The molecule has 7 heteroatoms. The van der Waals surface area contributed by atoms with Crippen LogP contribution in [0.3, 0.4) is 0 Å². The number of allylic oxidation sites excluding steroid dienone is 5. The molecule has 5 nitrogen and oxygen atoms in total. The zero-order valence-corrected chi connectivity index (χ0v) is 20.0. The molecule has 0 saturated heterocycles. The summed E-state index contributed by atoms with van der Waals surface area (Å²) in [4.78, 5) is 7.05. The van der Waals surface area contributed by atoms with Crippen molar-refractivity contribution in [2.24, 2.45) is 0 Å². The van der Waals surface area contributed by atoms with Gasteiger partial charge in [0.25, 0.3) is 10.0 Å². The molecule has 174 valence electrons. The van der Waals surface area contributed by atoms with E-state index in [0.717, 1.165) is 10.00 Å². The molecule has 0 atom stereocenters. The van der Waals surface area contributed by atoms with Crippen LogP contribution in [0.1, 0.15) is 19.5 Å². The van der Waals surface area contributed by atoms with E-state index in [1.807, 2.05) is 31.2 Å². The molecule has 2 aromatic rings. The van der Waals surface area contributed by atoms with E-state index in [2.05, 4.69) is 28.4 Å². The average molecular weight is 468 g/mol. The van der Waals surface area contributed by atoms with Crippen molar-refractivity contribution in [1.82, 2.24) is 14.3 Å². The summed E-state index contributed by atoms with van der Waals surface area (Å²) in [7, 11) is -3.80. The van der Waals surface area contributed by atoms with Crippen LogP contribution in [0.25, 0.3) is 0 Å². The Balaban J connectivity index is 0.000000451. The lowest BCUT2D eigenvalue weighted by Crippen LogP contribution is -2.31. The van der Waals surface area contributed by atoms with E-state index in [4.69, 9.17) is 0 Å². The number of hydrogen-bond donors (Lipinski definition) is 1. The Morgan fingerprint density at radius 1 is 1.15 bits per heavy atom. The molecular weight excluding hydrogens is 437 g/mol. The second-order valence-electron chi connectivity index (χ2n) is 6.59. The number of nitrogens with zero attached hydrogens (tertiary/aromatic N) is 2. The first kappa shape index (κ1) is 27.4. The monoisotopic (exact) mass is 467 g/mol. The number of nitrogens with one attached hydrogen (secondary N) is 1. The number of halogens is 1. The number of H-pyrrole nitrogens is 1. The third kappa shape index (κ3) is 10.0. The third-order valence-corrected chi connectivity index (χ3v) is 6.03. The van der Waals surface area contributed by atoms with E-state index >= 15 is 0 Å². The van der Waals surface area contributed by atoms with Crippen molar-refractivity contribution in [1.29, 1.82) is 0 Å². The van der Waals surface area contributed by atoms with Crippen LogP contribution in [0.4, 0.5) is 4.39 Å². The zero-order valence-electron chi connectivity index (χ0n) is 19.2. The van der Waals surface area contributed by atoms with Crippen molar-refractivity contribution in [3.63, 3.8) is 0 Å². The molecule has 0 fully saturated rings. The van der Waals surface area contributed by atoms with Crippen molar-refractivity contribution >= 4 is 10.0 Å². The van der Waals surface area contributed by atoms with Gasteiger partial charge in [-0.05, 0) is 57.2 Å². The van der Waals surface area contributed by atoms with Gasteiger partial charge in [0.05, 0.1) is 17.8 Å². The number of rotatable bonds is 7. The number of hydrogen-bond acceptors (Lipinski definition) is 3. The van der Waals surface area contributed by atoms with Crippen molar-refractivity contribution in [2.75, 3.05) is 13.2 Å². The maximum absolute atomic E-state index is 12.8.